The van der Waals surface area contributed by atoms with Crippen LogP contribution in [0.25, 0.3) is 0 Å². The van der Waals surface area contributed by atoms with E-state index in [0.717, 1.165) is 4.47 Å². The van der Waals surface area contributed by atoms with E-state index in [2.05, 4.69) is 26.8 Å². The molecule has 0 aliphatic carbocycles. The Balaban J connectivity index is 1.81. The highest BCUT2D eigenvalue weighted by molar-refractivity contribution is 9.10. The van der Waals surface area contributed by atoms with Crippen molar-refractivity contribution in [1.29, 1.82) is 0 Å². The minimum Gasteiger partial charge on any atom is -0.481 e. The maximum Gasteiger partial charge on any atom is 0.279 e. The van der Waals surface area contributed by atoms with Crippen molar-refractivity contribution in [2.75, 3.05) is 0 Å². The molecule has 2 aromatic carbocycles. The van der Waals surface area contributed by atoms with E-state index in [0.29, 0.717) is 16.3 Å². The van der Waals surface area contributed by atoms with Gasteiger partial charge >= 0.3 is 0 Å². The molecule has 1 atom stereocenters. The van der Waals surface area contributed by atoms with Gasteiger partial charge in [-0.1, -0.05) is 51.8 Å². The molecule has 0 radical (unpaired) electrons. The molecule has 24 heavy (non-hydrogen) atoms. The molecule has 0 aliphatic heterocycles. The molecule has 2 N–H and O–H groups in total. The summed E-state index contributed by atoms with van der Waals surface area (Å²) in [4.78, 5) is 23.8. The summed E-state index contributed by atoms with van der Waals surface area (Å²) in [5.74, 6) is -0.275. The van der Waals surface area contributed by atoms with Crippen LogP contribution in [0.2, 0.25) is 5.02 Å². The molecule has 0 aromatic heterocycles. The highest BCUT2D eigenvalue weighted by Crippen LogP contribution is 2.19. The van der Waals surface area contributed by atoms with Crippen molar-refractivity contribution >= 4 is 39.3 Å². The van der Waals surface area contributed by atoms with E-state index in [1.807, 2.05) is 6.07 Å². The SMILES string of the molecule is CC(Oc1cccc(Br)c1)C(=O)NNC(=O)Cc1ccccc1Cl. The van der Waals surface area contributed by atoms with Gasteiger partial charge in [-0.2, -0.15) is 0 Å². The van der Waals surface area contributed by atoms with E-state index in [9.17, 15) is 9.59 Å². The van der Waals surface area contributed by atoms with Crippen molar-refractivity contribution in [1.82, 2.24) is 10.9 Å². The second-order valence-electron chi connectivity index (χ2n) is 5.02. The molecule has 5 nitrogen and oxygen atoms in total. The van der Waals surface area contributed by atoms with Crippen LogP contribution in [0, 0.1) is 0 Å². The summed E-state index contributed by atoms with van der Waals surface area (Å²) in [7, 11) is 0. The van der Waals surface area contributed by atoms with Gasteiger partial charge in [-0.3, -0.25) is 20.4 Å². The molecular weight excluding hydrogens is 396 g/mol. The number of ether oxygens (including phenoxy) is 1. The van der Waals surface area contributed by atoms with Crippen LogP contribution in [0.3, 0.4) is 0 Å². The quantitative estimate of drug-likeness (QED) is 0.742. The lowest BCUT2D eigenvalue weighted by Crippen LogP contribution is -2.47. The Morgan fingerprint density at radius 3 is 2.62 bits per heavy atom. The summed E-state index contributed by atoms with van der Waals surface area (Å²) >= 11 is 9.32. The lowest BCUT2D eigenvalue weighted by atomic mass is 10.1. The zero-order valence-electron chi connectivity index (χ0n) is 12.9. The fourth-order valence-corrected chi connectivity index (χ4v) is 2.47. The minimum atomic E-state index is -0.764. The highest BCUT2D eigenvalue weighted by Gasteiger charge is 2.16. The van der Waals surface area contributed by atoms with E-state index in [1.54, 1.807) is 49.4 Å². The predicted molar refractivity (Wildman–Crippen MR) is 95.7 cm³/mol. The van der Waals surface area contributed by atoms with Crippen LogP contribution < -0.4 is 15.6 Å². The summed E-state index contributed by atoms with van der Waals surface area (Å²) in [5, 5.41) is 0.505. The van der Waals surface area contributed by atoms with E-state index >= 15 is 0 Å². The van der Waals surface area contributed by atoms with Crippen molar-refractivity contribution < 1.29 is 14.3 Å². The normalized spacial score (nSPS) is 11.5. The summed E-state index contributed by atoms with van der Waals surface area (Å²) in [6.45, 7) is 1.59. The summed E-state index contributed by atoms with van der Waals surface area (Å²) < 4.78 is 6.36. The molecule has 0 saturated carbocycles. The topological polar surface area (TPSA) is 67.4 Å². The van der Waals surface area contributed by atoms with Gasteiger partial charge in [0.15, 0.2) is 6.10 Å². The minimum absolute atomic E-state index is 0.0703. The van der Waals surface area contributed by atoms with Crippen LogP contribution in [-0.2, 0) is 16.0 Å². The number of halogens is 2. The number of hydrazine groups is 1. The second kappa shape index (κ2) is 8.70. The number of rotatable bonds is 5. The van der Waals surface area contributed by atoms with Gasteiger partial charge in [0.1, 0.15) is 5.75 Å². The Kier molecular flexibility index (Phi) is 6.63. The fourth-order valence-electron chi connectivity index (χ4n) is 1.89. The Morgan fingerprint density at radius 2 is 1.92 bits per heavy atom. The molecule has 126 valence electrons. The van der Waals surface area contributed by atoms with E-state index < -0.39 is 12.0 Å². The zero-order valence-corrected chi connectivity index (χ0v) is 15.2. The molecule has 2 rings (SSSR count). The van der Waals surface area contributed by atoms with Crippen molar-refractivity contribution in [2.45, 2.75) is 19.4 Å². The molecule has 0 bridgehead atoms. The van der Waals surface area contributed by atoms with Crippen molar-refractivity contribution in [3.05, 3.63) is 63.6 Å². The first-order chi connectivity index (χ1) is 11.5. The van der Waals surface area contributed by atoms with Crippen LogP contribution in [0.4, 0.5) is 0 Å². The highest BCUT2D eigenvalue weighted by atomic mass is 79.9. The lowest BCUT2D eigenvalue weighted by Gasteiger charge is -2.15. The maximum absolute atomic E-state index is 12.0. The number of hydrogen-bond acceptors (Lipinski definition) is 3. The molecule has 7 heteroatoms. The van der Waals surface area contributed by atoms with Crippen LogP contribution in [0.1, 0.15) is 12.5 Å². The number of nitrogens with one attached hydrogen (secondary N) is 2. The first-order valence-electron chi connectivity index (χ1n) is 7.20. The van der Waals surface area contributed by atoms with Crippen molar-refractivity contribution in [2.24, 2.45) is 0 Å². The number of carbonyl (C=O) groups is 2. The molecule has 1 unspecified atom stereocenters. The number of benzene rings is 2. The maximum atomic E-state index is 12.0. The summed E-state index contributed by atoms with van der Waals surface area (Å²) in [6, 6.07) is 14.2. The molecular formula is C17H16BrClN2O3. The van der Waals surface area contributed by atoms with Crippen LogP contribution >= 0.6 is 27.5 Å². The smallest absolute Gasteiger partial charge is 0.279 e. The fraction of sp³-hybridized carbons (Fsp3) is 0.176. The van der Waals surface area contributed by atoms with Gasteiger partial charge in [-0.05, 0) is 36.8 Å². The van der Waals surface area contributed by atoms with Gasteiger partial charge < -0.3 is 4.74 Å². The first kappa shape index (κ1) is 18.3. The van der Waals surface area contributed by atoms with Gasteiger partial charge in [0.25, 0.3) is 5.91 Å². The zero-order chi connectivity index (χ0) is 17.5. The van der Waals surface area contributed by atoms with E-state index in [-0.39, 0.29) is 12.3 Å². The largest absolute Gasteiger partial charge is 0.481 e. The Labute approximate surface area is 153 Å². The Bertz CT molecular complexity index is 739. The van der Waals surface area contributed by atoms with E-state index in [4.69, 9.17) is 16.3 Å². The molecule has 0 fully saturated rings. The van der Waals surface area contributed by atoms with Gasteiger partial charge in [0, 0.05) is 9.50 Å². The monoisotopic (exact) mass is 410 g/mol. The standard InChI is InChI=1S/C17H16BrClN2O3/c1-11(24-14-7-4-6-13(18)10-14)17(23)21-20-16(22)9-12-5-2-3-8-15(12)19/h2-8,10-11H,9H2,1H3,(H,20,22)(H,21,23). The first-order valence-corrected chi connectivity index (χ1v) is 8.37. The van der Waals surface area contributed by atoms with E-state index in [1.165, 1.54) is 0 Å². The number of carbonyl (C=O) groups excluding carboxylic acids is 2. The van der Waals surface area contributed by atoms with Crippen LogP contribution in [-0.4, -0.2) is 17.9 Å². The second-order valence-corrected chi connectivity index (χ2v) is 6.35. The Morgan fingerprint density at radius 1 is 1.17 bits per heavy atom. The summed E-state index contributed by atoms with van der Waals surface area (Å²) in [6.07, 6.45) is -0.694. The third-order valence-electron chi connectivity index (χ3n) is 3.11. The molecule has 0 saturated heterocycles. The van der Waals surface area contributed by atoms with Crippen molar-refractivity contribution in [3.63, 3.8) is 0 Å². The van der Waals surface area contributed by atoms with Gasteiger partial charge in [0.2, 0.25) is 5.91 Å². The van der Waals surface area contributed by atoms with Gasteiger partial charge in [-0.25, -0.2) is 0 Å². The molecule has 0 spiro atoms. The molecule has 2 amide bonds. The Hall–Kier alpha value is -2.05. The third-order valence-corrected chi connectivity index (χ3v) is 3.97. The average molecular weight is 412 g/mol. The van der Waals surface area contributed by atoms with Gasteiger partial charge in [0.05, 0.1) is 6.42 Å². The van der Waals surface area contributed by atoms with Crippen molar-refractivity contribution in [3.8, 4) is 5.75 Å². The van der Waals surface area contributed by atoms with Crippen LogP contribution in [0.15, 0.2) is 53.0 Å². The average Bonchev–Trinajstić information content (AvgIpc) is 2.54. The van der Waals surface area contributed by atoms with Gasteiger partial charge in [-0.15, -0.1) is 0 Å². The third kappa shape index (κ3) is 5.54. The molecule has 0 heterocycles. The molecule has 0 aliphatic rings. The number of amides is 2. The number of hydrogen-bond donors (Lipinski definition) is 2. The van der Waals surface area contributed by atoms with Crippen LogP contribution in [0.5, 0.6) is 5.75 Å². The molecule has 2 aromatic rings. The lowest BCUT2D eigenvalue weighted by molar-refractivity contribution is -0.132. The predicted octanol–water partition coefficient (Wildman–Crippen LogP) is 3.26. The summed E-state index contributed by atoms with van der Waals surface area (Å²) in [5.41, 5.74) is 5.37.